The van der Waals surface area contributed by atoms with Gasteiger partial charge in [-0.15, -0.1) is 24.0 Å². The number of ether oxygens (including phenoxy) is 1. The first-order valence-electron chi connectivity index (χ1n) is 11.0. The topological polar surface area (TPSA) is 90.5 Å². The Kier molecular flexibility index (Phi) is 8.93. The Bertz CT molecular complexity index is 1130. The van der Waals surface area contributed by atoms with Crippen molar-refractivity contribution in [1.29, 1.82) is 0 Å². The molecule has 176 valence electrons. The van der Waals surface area contributed by atoms with Crippen LogP contribution in [0.2, 0.25) is 0 Å². The highest BCUT2D eigenvalue weighted by molar-refractivity contribution is 14.0. The fraction of sp³-hybridized carbons (Fsp3) is 0.333. The molecule has 1 aromatic heterocycles. The molecule has 0 fully saturated rings. The molecule has 4 rings (SSSR count). The summed E-state index contributed by atoms with van der Waals surface area (Å²) in [5, 5.41) is 10.3. The number of fused-ring (bicyclic) bond motifs is 2. The van der Waals surface area contributed by atoms with Gasteiger partial charge in [0.2, 0.25) is 5.91 Å². The summed E-state index contributed by atoms with van der Waals surface area (Å²) < 4.78 is 19.4. The number of hydrogen-bond acceptors (Lipinski definition) is 3. The van der Waals surface area contributed by atoms with E-state index in [0.29, 0.717) is 32.5 Å². The Labute approximate surface area is 209 Å². The fourth-order valence-corrected chi connectivity index (χ4v) is 3.78. The maximum absolute atomic E-state index is 13.5. The predicted octanol–water partition coefficient (Wildman–Crippen LogP) is 3.99. The molecule has 3 aromatic rings. The second-order valence-electron chi connectivity index (χ2n) is 7.66. The van der Waals surface area contributed by atoms with Gasteiger partial charge in [0.05, 0.1) is 6.54 Å². The Morgan fingerprint density at radius 2 is 2.06 bits per heavy atom. The second-order valence-corrected chi connectivity index (χ2v) is 7.66. The normalized spacial score (nSPS) is 13.2. The number of hydrogen-bond donors (Lipinski definition) is 4. The Morgan fingerprint density at radius 1 is 1.18 bits per heavy atom. The number of benzene rings is 2. The van der Waals surface area contributed by atoms with Crippen molar-refractivity contribution in [3.63, 3.8) is 0 Å². The average molecular weight is 565 g/mol. The Balaban J connectivity index is 0.00000306. The second kappa shape index (κ2) is 11.9. The zero-order chi connectivity index (χ0) is 22.3. The molecule has 1 amide bonds. The number of carbonyl (C=O) groups is 1. The number of rotatable bonds is 8. The molecule has 1 aliphatic rings. The third kappa shape index (κ3) is 6.59. The first-order valence-corrected chi connectivity index (χ1v) is 11.0. The monoisotopic (exact) mass is 565 g/mol. The molecule has 0 atom stereocenters. The number of aryl methyl sites for hydroxylation is 1. The predicted molar refractivity (Wildman–Crippen MR) is 140 cm³/mol. The number of nitrogens with one attached hydrogen (secondary N) is 4. The lowest BCUT2D eigenvalue weighted by Gasteiger charge is -2.18. The van der Waals surface area contributed by atoms with Crippen LogP contribution in [0.15, 0.2) is 47.6 Å². The van der Waals surface area contributed by atoms with Gasteiger partial charge in [0.15, 0.2) is 5.96 Å². The van der Waals surface area contributed by atoms with Gasteiger partial charge in [-0.2, -0.15) is 0 Å². The van der Waals surface area contributed by atoms with E-state index in [4.69, 9.17) is 4.74 Å². The van der Waals surface area contributed by atoms with Gasteiger partial charge in [-0.1, -0.05) is 0 Å². The molecule has 33 heavy (non-hydrogen) atoms. The minimum absolute atomic E-state index is 0. The minimum atomic E-state index is -0.236. The number of anilines is 1. The molecular weight excluding hydrogens is 536 g/mol. The summed E-state index contributed by atoms with van der Waals surface area (Å²) >= 11 is 0. The van der Waals surface area contributed by atoms with Gasteiger partial charge in [-0.3, -0.25) is 9.79 Å². The molecule has 0 saturated heterocycles. The molecule has 4 N–H and O–H groups in total. The van der Waals surface area contributed by atoms with Crippen LogP contribution in [-0.4, -0.2) is 43.1 Å². The molecular formula is C24H29FIN5O2. The van der Waals surface area contributed by atoms with Crippen LogP contribution >= 0.6 is 24.0 Å². The van der Waals surface area contributed by atoms with Crippen LogP contribution in [0.25, 0.3) is 10.9 Å². The summed E-state index contributed by atoms with van der Waals surface area (Å²) in [4.78, 5) is 19.3. The number of aromatic amines is 1. The molecule has 0 bridgehead atoms. The minimum Gasteiger partial charge on any atom is -0.492 e. The quantitative estimate of drug-likeness (QED) is 0.144. The van der Waals surface area contributed by atoms with Crippen LogP contribution < -0.4 is 20.7 Å². The van der Waals surface area contributed by atoms with Gasteiger partial charge in [0, 0.05) is 42.3 Å². The lowest BCUT2D eigenvalue weighted by molar-refractivity contribution is -0.116. The van der Waals surface area contributed by atoms with Gasteiger partial charge in [0.1, 0.15) is 18.2 Å². The van der Waals surface area contributed by atoms with Crippen LogP contribution in [-0.2, 0) is 17.6 Å². The van der Waals surface area contributed by atoms with Crippen molar-refractivity contribution in [2.24, 2.45) is 4.99 Å². The smallest absolute Gasteiger partial charge is 0.224 e. The number of aromatic nitrogens is 1. The van der Waals surface area contributed by atoms with Crippen molar-refractivity contribution >= 4 is 52.4 Å². The molecule has 0 unspecified atom stereocenters. The maximum Gasteiger partial charge on any atom is 0.224 e. The van der Waals surface area contributed by atoms with E-state index in [-0.39, 0.29) is 35.7 Å². The van der Waals surface area contributed by atoms with E-state index < -0.39 is 0 Å². The van der Waals surface area contributed by atoms with Crippen LogP contribution in [0.4, 0.5) is 10.1 Å². The zero-order valence-corrected chi connectivity index (χ0v) is 20.9. The lowest BCUT2D eigenvalue weighted by atomic mass is 10.0. The number of nitrogens with zero attached hydrogens (tertiary/aromatic N) is 1. The van der Waals surface area contributed by atoms with Gasteiger partial charge in [-0.05, 0) is 67.3 Å². The molecule has 2 heterocycles. The number of amides is 1. The van der Waals surface area contributed by atoms with Crippen molar-refractivity contribution in [1.82, 2.24) is 15.6 Å². The third-order valence-electron chi connectivity index (χ3n) is 5.36. The summed E-state index contributed by atoms with van der Waals surface area (Å²) in [6.07, 6.45) is 3.87. The molecule has 0 aliphatic carbocycles. The van der Waals surface area contributed by atoms with E-state index in [9.17, 15) is 9.18 Å². The maximum atomic E-state index is 13.5. The van der Waals surface area contributed by atoms with Crippen LogP contribution in [0, 0.1) is 5.82 Å². The highest BCUT2D eigenvalue weighted by atomic mass is 127. The summed E-state index contributed by atoms with van der Waals surface area (Å²) in [5.74, 6) is 1.33. The van der Waals surface area contributed by atoms with Crippen molar-refractivity contribution in [3.05, 3.63) is 59.5 Å². The molecule has 9 heteroatoms. The Hall–Kier alpha value is -2.82. The van der Waals surface area contributed by atoms with Gasteiger partial charge >= 0.3 is 0 Å². The van der Waals surface area contributed by atoms with Crippen LogP contribution in [0.5, 0.6) is 5.75 Å². The first-order chi connectivity index (χ1) is 15.6. The molecule has 0 spiro atoms. The molecule has 0 radical (unpaired) electrons. The Morgan fingerprint density at radius 3 is 2.91 bits per heavy atom. The summed E-state index contributed by atoms with van der Waals surface area (Å²) in [6.45, 7) is 4.43. The number of halogens is 2. The molecule has 1 aliphatic heterocycles. The fourth-order valence-electron chi connectivity index (χ4n) is 3.78. The van der Waals surface area contributed by atoms with Crippen molar-refractivity contribution in [2.75, 3.05) is 31.6 Å². The first kappa shape index (κ1) is 24.8. The highest BCUT2D eigenvalue weighted by Crippen LogP contribution is 2.26. The molecule has 0 saturated carbocycles. The van der Waals surface area contributed by atoms with Gasteiger partial charge in [-0.25, -0.2) is 4.39 Å². The van der Waals surface area contributed by atoms with Crippen LogP contribution in [0.3, 0.4) is 0 Å². The third-order valence-corrected chi connectivity index (χ3v) is 5.36. The number of guanidine groups is 1. The average Bonchev–Trinajstić information content (AvgIpc) is 3.18. The van der Waals surface area contributed by atoms with E-state index in [1.165, 1.54) is 6.07 Å². The molecule has 2 aromatic carbocycles. The van der Waals surface area contributed by atoms with Gasteiger partial charge in [0.25, 0.3) is 0 Å². The zero-order valence-electron chi connectivity index (χ0n) is 18.5. The van der Waals surface area contributed by atoms with Gasteiger partial charge < -0.3 is 25.7 Å². The number of aliphatic imine (C=N–C) groups is 1. The van der Waals surface area contributed by atoms with E-state index in [2.05, 4.69) is 25.9 Å². The summed E-state index contributed by atoms with van der Waals surface area (Å²) in [6, 6.07) is 10.5. The number of carbonyl (C=O) groups excluding carboxylic acids is 1. The van der Waals surface area contributed by atoms with E-state index in [1.807, 2.05) is 31.3 Å². The lowest BCUT2D eigenvalue weighted by Crippen LogP contribution is -2.39. The number of H-pyrrole nitrogens is 1. The largest absolute Gasteiger partial charge is 0.492 e. The SMILES string of the molecule is CCNC(=NCCc1c[nH]c2ccc(F)cc12)NCCOc1ccc2c(c1)CCC(=O)N2.I. The summed E-state index contributed by atoms with van der Waals surface area (Å²) in [5.41, 5.74) is 3.94. The van der Waals surface area contributed by atoms with Crippen molar-refractivity contribution in [3.8, 4) is 5.75 Å². The standard InChI is InChI=1S/C24H28FN5O2.HI/c1-2-26-24(27-10-9-17-15-29-22-6-4-18(25)14-20(17)22)28-11-12-32-19-5-7-21-16(13-19)3-8-23(31)30-21;/h4-7,13-15,29H,2-3,8-12H2,1H3,(H,30,31)(H2,26,27,28);1H. The summed E-state index contributed by atoms with van der Waals surface area (Å²) in [7, 11) is 0. The van der Waals surface area contributed by atoms with Crippen LogP contribution in [0.1, 0.15) is 24.5 Å². The highest BCUT2D eigenvalue weighted by Gasteiger charge is 2.15. The van der Waals surface area contributed by atoms with Crippen molar-refractivity contribution < 1.29 is 13.9 Å². The van der Waals surface area contributed by atoms with E-state index in [1.54, 1.807) is 12.1 Å². The van der Waals surface area contributed by atoms with E-state index >= 15 is 0 Å². The van der Waals surface area contributed by atoms with E-state index in [0.717, 1.165) is 52.4 Å². The van der Waals surface area contributed by atoms with Crippen molar-refractivity contribution in [2.45, 2.75) is 26.2 Å². The molecule has 7 nitrogen and oxygen atoms in total.